The molecular weight excluding hydrogens is 502 g/mol. The first kappa shape index (κ1) is 24.5. The van der Waals surface area contributed by atoms with Crippen molar-refractivity contribution in [3.8, 4) is 17.1 Å². The molecule has 2 heterocycles. The van der Waals surface area contributed by atoms with Crippen molar-refractivity contribution in [2.24, 2.45) is 0 Å². The third kappa shape index (κ3) is 5.56. The lowest BCUT2D eigenvalue weighted by molar-refractivity contribution is -0.136. The van der Waals surface area contributed by atoms with Crippen molar-refractivity contribution in [1.29, 1.82) is 0 Å². The molecule has 0 saturated heterocycles. The Kier molecular flexibility index (Phi) is 6.70. The minimum Gasteiger partial charge on any atom is -0.275 e. The lowest BCUT2D eigenvalue weighted by Gasteiger charge is -2.08. The summed E-state index contributed by atoms with van der Waals surface area (Å²) in [6.45, 7) is -1.23. The summed E-state index contributed by atoms with van der Waals surface area (Å²) in [5.41, 5.74) is -0.622. The summed E-state index contributed by atoms with van der Waals surface area (Å²) >= 11 is 5.86. The summed E-state index contributed by atoms with van der Waals surface area (Å²) in [5, 5.41) is 8.40. The van der Waals surface area contributed by atoms with Crippen molar-refractivity contribution in [3.63, 3.8) is 0 Å². The molecular formula is C21H15ClF6N6O. The molecule has 35 heavy (non-hydrogen) atoms. The molecule has 0 spiro atoms. The Labute approximate surface area is 198 Å². The van der Waals surface area contributed by atoms with Gasteiger partial charge in [0.25, 0.3) is 6.43 Å². The molecule has 2 aromatic heterocycles. The van der Waals surface area contributed by atoms with Gasteiger partial charge in [0.05, 0.1) is 12.1 Å². The maximum atomic E-state index is 13.6. The third-order valence-electron chi connectivity index (χ3n) is 4.86. The van der Waals surface area contributed by atoms with Crippen LogP contribution in [0.15, 0.2) is 53.3 Å². The Morgan fingerprint density at radius 1 is 1.03 bits per heavy atom. The number of hydrogen-bond donors (Lipinski definition) is 0. The van der Waals surface area contributed by atoms with Gasteiger partial charge in [-0.15, -0.1) is 10.2 Å². The molecule has 184 valence electrons. The van der Waals surface area contributed by atoms with E-state index in [-0.39, 0.29) is 17.3 Å². The Hall–Kier alpha value is -3.61. The van der Waals surface area contributed by atoms with Gasteiger partial charge in [-0.1, -0.05) is 17.7 Å². The van der Waals surface area contributed by atoms with Gasteiger partial charge in [-0.2, -0.15) is 13.2 Å². The van der Waals surface area contributed by atoms with E-state index >= 15 is 0 Å². The average Bonchev–Trinajstić information content (AvgIpc) is 3.34. The van der Waals surface area contributed by atoms with Crippen LogP contribution in [0.3, 0.4) is 0 Å². The highest BCUT2D eigenvalue weighted by Crippen LogP contribution is 2.24. The van der Waals surface area contributed by atoms with E-state index < -0.39 is 49.4 Å². The molecule has 7 nitrogen and oxygen atoms in total. The fourth-order valence-electron chi connectivity index (χ4n) is 3.31. The van der Waals surface area contributed by atoms with Crippen molar-refractivity contribution in [3.05, 3.63) is 81.5 Å². The van der Waals surface area contributed by atoms with Crippen molar-refractivity contribution in [2.45, 2.75) is 32.1 Å². The molecule has 0 fully saturated rings. The number of aromatic nitrogens is 6. The molecule has 0 amide bonds. The number of rotatable bonds is 7. The number of benzene rings is 2. The third-order valence-corrected chi connectivity index (χ3v) is 5.11. The number of nitrogens with zero attached hydrogens (tertiary/aromatic N) is 6. The van der Waals surface area contributed by atoms with Crippen LogP contribution in [0, 0.1) is 5.82 Å². The predicted octanol–water partition coefficient (Wildman–Crippen LogP) is 5.02. The molecule has 0 aliphatic rings. The van der Waals surface area contributed by atoms with Crippen LogP contribution in [0.5, 0.6) is 0 Å². The maximum Gasteiger partial charge on any atom is 0.390 e. The lowest BCUT2D eigenvalue weighted by Crippen LogP contribution is -2.27. The van der Waals surface area contributed by atoms with Gasteiger partial charge in [0.1, 0.15) is 12.4 Å². The smallest absolute Gasteiger partial charge is 0.275 e. The minimum atomic E-state index is -4.53. The molecule has 0 saturated carbocycles. The van der Waals surface area contributed by atoms with E-state index in [1.807, 2.05) is 0 Å². The molecule has 4 rings (SSSR count). The second-order valence-corrected chi connectivity index (χ2v) is 7.80. The normalized spacial score (nSPS) is 12.0. The Morgan fingerprint density at radius 3 is 2.37 bits per heavy atom. The predicted molar refractivity (Wildman–Crippen MR) is 113 cm³/mol. The van der Waals surface area contributed by atoms with Crippen molar-refractivity contribution in [2.75, 3.05) is 0 Å². The van der Waals surface area contributed by atoms with Crippen molar-refractivity contribution >= 4 is 11.6 Å². The fraction of sp³-hybridized carbons (Fsp3) is 0.238. The monoisotopic (exact) mass is 516 g/mol. The summed E-state index contributed by atoms with van der Waals surface area (Å²) in [6, 6.07) is 10.6. The van der Waals surface area contributed by atoms with E-state index in [1.165, 1.54) is 36.4 Å². The van der Waals surface area contributed by atoms with E-state index in [0.29, 0.717) is 10.6 Å². The molecule has 2 aromatic carbocycles. The Morgan fingerprint density at radius 2 is 1.74 bits per heavy atom. The summed E-state index contributed by atoms with van der Waals surface area (Å²) in [7, 11) is 0. The van der Waals surface area contributed by atoms with E-state index in [1.54, 1.807) is 0 Å². The first-order valence-corrected chi connectivity index (χ1v) is 10.4. The molecule has 14 heteroatoms. The van der Waals surface area contributed by atoms with Gasteiger partial charge in [-0.25, -0.2) is 32.3 Å². The molecule has 4 aromatic rings. The largest absolute Gasteiger partial charge is 0.390 e. The van der Waals surface area contributed by atoms with E-state index in [9.17, 15) is 31.1 Å². The Bertz CT molecular complexity index is 1390. The first-order valence-electron chi connectivity index (χ1n) is 10.0. The SMILES string of the molecule is O=c1n(Cc2nc(C(F)F)n(-c3cccc(F)c3)n2)nc(-c2ccc(Cl)cc2)n1CCC(F)(F)F. The Balaban J connectivity index is 1.74. The second-order valence-electron chi connectivity index (χ2n) is 7.37. The highest BCUT2D eigenvalue weighted by Gasteiger charge is 2.29. The molecule has 0 bridgehead atoms. The van der Waals surface area contributed by atoms with E-state index in [2.05, 4.69) is 15.2 Å². The van der Waals surface area contributed by atoms with Gasteiger partial charge in [0.2, 0.25) is 0 Å². The zero-order valence-electron chi connectivity index (χ0n) is 17.6. The van der Waals surface area contributed by atoms with Gasteiger partial charge in [-0.3, -0.25) is 4.57 Å². The molecule has 0 unspecified atom stereocenters. The van der Waals surface area contributed by atoms with Crippen LogP contribution in [-0.2, 0) is 13.1 Å². The first-order chi connectivity index (χ1) is 16.5. The molecule has 0 atom stereocenters. The van der Waals surface area contributed by atoms with Crippen molar-refractivity contribution in [1.82, 2.24) is 29.1 Å². The van der Waals surface area contributed by atoms with E-state index in [0.717, 1.165) is 26.1 Å². The standard InChI is InChI=1S/C21H15ClF6N6O/c22-13-6-4-12(5-7-13)18-31-33(20(35)32(18)9-8-21(26,27)28)11-16-29-19(17(24)25)34(30-16)15-3-1-2-14(23)10-15/h1-7,10,17H,8-9,11H2. The minimum absolute atomic E-state index is 0.0241. The highest BCUT2D eigenvalue weighted by atomic mass is 35.5. The molecule has 0 N–H and O–H groups in total. The van der Waals surface area contributed by atoms with Gasteiger partial charge < -0.3 is 0 Å². The molecule has 0 radical (unpaired) electrons. The van der Waals surface area contributed by atoms with Crippen LogP contribution in [-0.4, -0.2) is 35.3 Å². The number of halogens is 7. The molecule has 0 aliphatic heterocycles. The summed E-state index contributed by atoms with van der Waals surface area (Å²) < 4.78 is 81.6. The highest BCUT2D eigenvalue weighted by molar-refractivity contribution is 6.30. The average molecular weight is 517 g/mol. The topological polar surface area (TPSA) is 70.5 Å². The quantitative estimate of drug-likeness (QED) is 0.323. The van der Waals surface area contributed by atoms with E-state index in [4.69, 9.17) is 11.6 Å². The zero-order valence-corrected chi connectivity index (χ0v) is 18.3. The van der Waals surface area contributed by atoms with Crippen LogP contribution in [0.2, 0.25) is 5.02 Å². The van der Waals surface area contributed by atoms with Crippen molar-refractivity contribution < 1.29 is 26.3 Å². The number of hydrogen-bond acceptors (Lipinski definition) is 4. The molecule has 0 aliphatic carbocycles. The lowest BCUT2D eigenvalue weighted by atomic mass is 10.2. The second kappa shape index (κ2) is 9.56. The fourth-order valence-corrected chi connectivity index (χ4v) is 3.43. The van der Waals surface area contributed by atoms with Crippen LogP contribution >= 0.6 is 11.6 Å². The summed E-state index contributed by atoms with van der Waals surface area (Å²) in [5.74, 6) is -1.83. The van der Waals surface area contributed by atoms with Gasteiger partial charge >= 0.3 is 11.9 Å². The van der Waals surface area contributed by atoms with Crippen LogP contribution in [0.25, 0.3) is 17.1 Å². The van der Waals surface area contributed by atoms with Gasteiger partial charge in [0, 0.05) is 17.1 Å². The maximum absolute atomic E-state index is 13.6. The summed E-state index contributed by atoms with van der Waals surface area (Å²) in [4.78, 5) is 16.6. The summed E-state index contributed by atoms with van der Waals surface area (Å²) in [6.07, 6.45) is -8.90. The van der Waals surface area contributed by atoms with Crippen LogP contribution in [0.4, 0.5) is 26.3 Å². The zero-order chi connectivity index (χ0) is 25.3. The van der Waals surface area contributed by atoms with Crippen LogP contribution in [0.1, 0.15) is 24.5 Å². The number of alkyl halides is 5. The van der Waals surface area contributed by atoms with Crippen LogP contribution < -0.4 is 5.69 Å². The van der Waals surface area contributed by atoms with Gasteiger partial charge in [-0.05, 0) is 42.5 Å². The van der Waals surface area contributed by atoms with Gasteiger partial charge in [0.15, 0.2) is 17.5 Å².